The third-order valence-electron chi connectivity index (χ3n) is 21.1. The number of hydrogen-bond donors (Lipinski definition) is 5. The first-order valence-electron chi connectivity index (χ1n) is 44.0. The SMILES string of the molecule is CC(=O)NC1C(OC(C)=O)[C@@H](OC(C)=O)C(COC(C)=O)O[C@H]1OCCCCCCC(=O)NCCCN(CCCN(CCCNC(=O)CCCCCCO[C@@H]1OC(COC(C)=O)[C@H](OC(C)=O)C(OC(C)=O)C1NC(C)=O)C(c1ccccc1)(c1ccccc1)c1ccccc1)C(=O)CCCCCCO[C@@H]1OC(COC(C)=O)[C@H](OC(C)=O)C(OC(C)=O)[C@H]1NC(C)=O. The molecule has 3 heterocycles. The van der Waals surface area contributed by atoms with Crippen LogP contribution in [-0.2, 0) is 149 Å². The van der Waals surface area contributed by atoms with E-state index in [2.05, 4.69) is 67.9 Å². The monoisotopic (exact) mass is 1800 g/mol. The van der Waals surface area contributed by atoms with Crippen LogP contribution in [0.2, 0.25) is 0 Å². The van der Waals surface area contributed by atoms with Crippen molar-refractivity contribution in [3.05, 3.63) is 108 Å². The summed E-state index contributed by atoms with van der Waals surface area (Å²) in [5.41, 5.74) is 2.08. The highest BCUT2D eigenvalue weighted by Gasteiger charge is 2.55. The summed E-state index contributed by atoms with van der Waals surface area (Å²) < 4.78 is 85.9. The number of nitrogens with one attached hydrogen (secondary N) is 5. The molecule has 3 saturated heterocycles. The Balaban J connectivity index is 1.13. The molecule has 0 saturated carbocycles. The molecule has 0 bridgehead atoms. The van der Waals surface area contributed by atoms with Gasteiger partial charge in [-0.05, 0) is 74.5 Å². The number of benzene rings is 3. The molecule has 0 radical (unpaired) electrons. The molecule has 5 N–H and O–H groups in total. The lowest BCUT2D eigenvalue weighted by molar-refractivity contribution is -0.277. The number of unbranched alkanes of at least 4 members (excludes halogenated alkanes) is 9. The van der Waals surface area contributed by atoms with Crippen LogP contribution in [0.4, 0.5) is 0 Å². The van der Waals surface area contributed by atoms with Crippen LogP contribution < -0.4 is 26.6 Å². The first kappa shape index (κ1) is 106. The number of esters is 9. The summed E-state index contributed by atoms with van der Waals surface area (Å²) in [5, 5.41) is 14.3. The Morgan fingerprint density at radius 2 is 0.586 bits per heavy atom. The Kier molecular flexibility index (Phi) is 47.0. The summed E-state index contributed by atoms with van der Waals surface area (Å²) in [6.45, 7) is 15.6. The van der Waals surface area contributed by atoms with Crippen molar-refractivity contribution in [1.29, 1.82) is 0 Å². The molecule has 3 fully saturated rings. The Morgan fingerprint density at radius 3 is 0.883 bits per heavy atom. The number of carbonyl (C=O) groups excluding carboxylic acids is 15. The number of nitrogens with zero attached hydrogens (tertiary/aromatic N) is 2. The summed E-state index contributed by atoms with van der Waals surface area (Å²) in [6, 6.07) is 27.2. The lowest BCUT2D eigenvalue weighted by Crippen LogP contribution is -2.66. The minimum absolute atomic E-state index is 0.0815. The van der Waals surface area contributed by atoms with Crippen LogP contribution >= 0.6 is 0 Å². The third kappa shape index (κ3) is 36.9. The van der Waals surface area contributed by atoms with Crippen molar-refractivity contribution in [2.75, 3.05) is 78.9 Å². The Labute approximate surface area is 748 Å². The Morgan fingerprint density at radius 1 is 0.312 bits per heavy atom. The third-order valence-corrected chi connectivity index (χ3v) is 21.1. The topological polar surface area (TPSA) is 461 Å². The second-order valence-electron chi connectivity index (χ2n) is 31.7. The maximum Gasteiger partial charge on any atom is 0.303 e. The predicted octanol–water partition coefficient (Wildman–Crippen LogP) is 6.38. The molecule has 0 spiro atoms. The quantitative estimate of drug-likeness (QED) is 0.0177. The molecular weight excluding hydrogens is 1670 g/mol. The molecule has 710 valence electrons. The van der Waals surface area contributed by atoms with E-state index in [9.17, 15) is 71.9 Å². The molecule has 0 aromatic heterocycles. The van der Waals surface area contributed by atoms with Gasteiger partial charge in [-0.3, -0.25) is 76.8 Å². The second kappa shape index (κ2) is 56.7. The standard InChI is InChI=1S/C91H131N7O30/c1-58(99)94-79-85(123-67(10)108)82(120-64(7)105)73(55-117-61(4)102)126-88(79)114-52-31-16-13-28-43-76(111)92-46-34-48-97(78(113)45-30-15-18-33-54-116-90-81(96-60(3)101)87(125-69(12)110)84(122-66(9)107)75(128-90)57-119-63(6)104)49-36-51-98(91(70-37-22-19-23-38-70,71-39-24-20-25-40-71)72-41-26-21-27-42-72)50-35-47-93-77(112)44-29-14-17-32-53-115-89-80(95-59(2)100)86(124-68(11)109)83(121-65(8)106)74(127-89)56-118-62(5)103/h19-27,37-42,73-75,79-90H,13-18,28-36,43-57H2,1-12H3,(H,92,111)(H,93,112)(H,94,99)(H,95,100)(H,96,101)/t73?,74?,75?,79?,80?,81-,82+,83+,84+,85?,86?,87?,88-,89-,90-/m1/s1. The lowest BCUT2D eigenvalue weighted by atomic mass is 9.75. The fourth-order valence-electron chi connectivity index (χ4n) is 15.8. The number of hydrogen-bond acceptors (Lipinski definition) is 31. The van der Waals surface area contributed by atoms with E-state index < -0.39 is 176 Å². The molecule has 15 atom stereocenters. The van der Waals surface area contributed by atoms with E-state index in [1.54, 1.807) is 0 Å². The van der Waals surface area contributed by atoms with Crippen molar-refractivity contribution in [3.63, 3.8) is 0 Å². The van der Waals surface area contributed by atoms with Gasteiger partial charge in [0.25, 0.3) is 0 Å². The smallest absolute Gasteiger partial charge is 0.303 e. The molecule has 3 aromatic carbocycles. The van der Waals surface area contributed by atoms with Gasteiger partial charge in [0.15, 0.2) is 55.5 Å². The first-order chi connectivity index (χ1) is 61.2. The van der Waals surface area contributed by atoms with E-state index in [1.807, 2.05) is 59.5 Å². The van der Waals surface area contributed by atoms with E-state index in [1.165, 1.54) is 41.5 Å². The van der Waals surface area contributed by atoms with Crippen LogP contribution in [0.3, 0.4) is 0 Å². The van der Waals surface area contributed by atoms with Gasteiger partial charge >= 0.3 is 53.7 Å². The van der Waals surface area contributed by atoms with E-state index in [0.29, 0.717) is 129 Å². The Bertz CT molecular complexity index is 3940. The lowest BCUT2D eigenvalue weighted by Gasteiger charge is -2.46. The molecular formula is C91H131N7O30. The number of carbonyl (C=O) groups is 15. The first-order valence-corrected chi connectivity index (χ1v) is 44.0. The van der Waals surface area contributed by atoms with Crippen molar-refractivity contribution >= 4 is 89.2 Å². The molecule has 37 heteroatoms. The molecule has 8 unspecified atom stereocenters. The second-order valence-corrected chi connectivity index (χ2v) is 31.7. The van der Waals surface area contributed by atoms with Gasteiger partial charge in [0.05, 0.1) is 5.54 Å². The van der Waals surface area contributed by atoms with Gasteiger partial charge in [-0.2, -0.15) is 0 Å². The number of rotatable bonds is 55. The molecule has 6 amide bonds. The largest absolute Gasteiger partial charge is 0.463 e. The van der Waals surface area contributed by atoms with E-state index in [4.69, 9.17) is 71.1 Å². The number of amides is 6. The summed E-state index contributed by atoms with van der Waals surface area (Å²) in [5.74, 6) is -8.33. The zero-order valence-electron chi connectivity index (χ0n) is 75.7. The normalized spacial score (nSPS) is 21.9. The van der Waals surface area contributed by atoms with Gasteiger partial charge in [-0.15, -0.1) is 0 Å². The highest BCUT2D eigenvalue weighted by molar-refractivity contribution is 5.78. The average molecular weight is 1800 g/mol. The zero-order chi connectivity index (χ0) is 93.7. The summed E-state index contributed by atoms with van der Waals surface area (Å²) in [6.07, 6.45) is -5.93. The van der Waals surface area contributed by atoms with Crippen LogP contribution in [0.5, 0.6) is 0 Å². The van der Waals surface area contributed by atoms with Gasteiger partial charge < -0.3 is 103 Å². The van der Waals surface area contributed by atoms with Gasteiger partial charge in [-0.1, -0.05) is 130 Å². The zero-order valence-corrected chi connectivity index (χ0v) is 75.7. The van der Waals surface area contributed by atoms with Crippen molar-refractivity contribution in [3.8, 4) is 0 Å². The van der Waals surface area contributed by atoms with Crippen molar-refractivity contribution in [2.24, 2.45) is 0 Å². The molecule has 0 aliphatic carbocycles. The molecule has 3 aliphatic rings. The van der Waals surface area contributed by atoms with E-state index in [0.717, 1.165) is 58.2 Å². The van der Waals surface area contributed by atoms with Crippen LogP contribution in [0.1, 0.15) is 215 Å². The van der Waals surface area contributed by atoms with Gasteiger partial charge in [0.2, 0.25) is 35.4 Å². The minimum Gasteiger partial charge on any atom is -0.463 e. The highest BCUT2D eigenvalue weighted by atomic mass is 16.7. The van der Waals surface area contributed by atoms with Gasteiger partial charge in [-0.25, -0.2) is 0 Å². The fraction of sp³-hybridized carbons (Fsp3) is 0.637. The van der Waals surface area contributed by atoms with Crippen molar-refractivity contribution in [2.45, 2.75) is 296 Å². The van der Waals surface area contributed by atoms with Crippen molar-refractivity contribution in [1.82, 2.24) is 36.4 Å². The van der Waals surface area contributed by atoms with Crippen LogP contribution in [0.15, 0.2) is 91.0 Å². The Hall–Kier alpha value is -10.6. The summed E-state index contributed by atoms with van der Waals surface area (Å²) in [4.78, 5) is 194. The molecule has 128 heavy (non-hydrogen) atoms. The van der Waals surface area contributed by atoms with E-state index in [-0.39, 0.29) is 76.6 Å². The molecule has 6 rings (SSSR count). The number of ether oxygens (including phenoxy) is 15. The van der Waals surface area contributed by atoms with Crippen LogP contribution in [0, 0.1) is 0 Å². The summed E-state index contributed by atoms with van der Waals surface area (Å²) in [7, 11) is 0. The molecule has 3 aliphatic heterocycles. The summed E-state index contributed by atoms with van der Waals surface area (Å²) >= 11 is 0. The maximum absolute atomic E-state index is 14.8. The van der Waals surface area contributed by atoms with Gasteiger partial charge in [0, 0.05) is 161 Å². The van der Waals surface area contributed by atoms with Crippen LogP contribution in [0.25, 0.3) is 0 Å². The van der Waals surface area contributed by atoms with E-state index >= 15 is 0 Å². The molecule has 3 aromatic rings. The van der Waals surface area contributed by atoms with Crippen LogP contribution in [-0.4, -0.2) is 270 Å². The van der Waals surface area contributed by atoms with Gasteiger partial charge in [0.1, 0.15) is 56.3 Å². The fourth-order valence-corrected chi connectivity index (χ4v) is 15.8. The highest BCUT2D eigenvalue weighted by Crippen LogP contribution is 2.43. The average Bonchev–Trinajstić information content (AvgIpc) is 0.745. The minimum atomic E-state index is -1.30. The predicted molar refractivity (Wildman–Crippen MR) is 456 cm³/mol. The maximum atomic E-state index is 14.8. The molecule has 37 nitrogen and oxygen atoms in total. The van der Waals surface area contributed by atoms with Crippen molar-refractivity contribution < 1.29 is 143 Å².